The third-order valence-corrected chi connectivity index (χ3v) is 4.48. The molecule has 22 heavy (non-hydrogen) atoms. The Hall–Kier alpha value is -1.81. The fourth-order valence-corrected chi connectivity index (χ4v) is 3.25. The number of hydrogen-bond acceptors (Lipinski definition) is 4. The van der Waals surface area contributed by atoms with Gasteiger partial charge in [0.2, 0.25) is 0 Å². The first-order chi connectivity index (χ1) is 10.7. The highest BCUT2D eigenvalue weighted by Crippen LogP contribution is 2.35. The first-order valence-electron chi connectivity index (χ1n) is 8.22. The maximum absolute atomic E-state index is 5.95. The molecule has 0 aliphatic carbocycles. The topological polar surface area (TPSA) is 55.3 Å². The van der Waals surface area contributed by atoms with Gasteiger partial charge < -0.3 is 15.1 Å². The van der Waals surface area contributed by atoms with Gasteiger partial charge in [-0.1, -0.05) is 25.1 Å². The standard InChI is InChI=1S/C18H25N3O/c1-3-6-18-20-13(2)17(22-18)12-21-10-9-14(11-19)15-7-4-5-8-16(15)21/h4-5,7-8,14H,3,6,9-12,19H2,1-2H3. The van der Waals surface area contributed by atoms with Crippen molar-refractivity contribution in [2.24, 2.45) is 5.73 Å². The summed E-state index contributed by atoms with van der Waals surface area (Å²) in [7, 11) is 0. The minimum Gasteiger partial charge on any atom is -0.444 e. The quantitative estimate of drug-likeness (QED) is 0.919. The third kappa shape index (κ3) is 2.88. The molecule has 0 spiro atoms. The monoisotopic (exact) mass is 299 g/mol. The summed E-state index contributed by atoms with van der Waals surface area (Å²) in [5, 5.41) is 0. The predicted molar refractivity (Wildman–Crippen MR) is 89.1 cm³/mol. The van der Waals surface area contributed by atoms with Crippen LogP contribution in [-0.2, 0) is 13.0 Å². The lowest BCUT2D eigenvalue weighted by Crippen LogP contribution is -2.32. The maximum Gasteiger partial charge on any atom is 0.194 e. The van der Waals surface area contributed by atoms with Gasteiger partial charge in [0.25, 0.3) is 0 Å². The van der Waals surface area contributed by atoms with E-state index >= 15 is 0 Å². The van der Waals surface area contributed by atoms with Gasteiger partial charge in [-0.15, -0.1) is 0 Å². The van der Waals surface area contributed by atoms with Crippen LogP contribution in [0.5, 0.6) is 0 Å². The fraction of sp³-hybridized carbons (Fsp3) is 0.500. The van der Waals surface area contributed by atoms with E-state index in [1.807, 2.05) is 6.92 Å². The van der Waals surface area contributed by atoms with Gasteiger partial charge in [0, 0.05) is 18.7 Å². The number of oxazole rings is 1. The van der Waals surface area contributed by atoms with Gasteiger partial charge in [-0.25, -0.2) is 4.98 Å². The molecule has 2 heterocycles. The average molecular weight is 299 g/mol. The van der Waals surface area contributed by atoms with Crippen molar-refractivity contribution in [3.05, 3.63) is 47.2 Å². The number of para-hydroxylation sites is 1. The van der Waals surface area contributed by atoms with E-state index in [2.05, 4.69) is 41.1 Å². The van der Waals surface area contributed by atoms with Gasteiger partial charge in [-0.2, -0.15) is 0 Å². The Kier molecular flexibility index (Phi) is 4.48. The highest BCUT2D eigenvalue weighted by atomic mass is 16.4. The van der Waals surface area contributed by atoms with Crippen LogP contribution in [0.2, 0.25) is 0 Å². The molecular weight excluding hydrogens is 274 g/mol. The van der Waals surface area contributed by atoms with Gasteiger partial charge in [0.05, 0.1) is 12.2 Å². The number of anilines is 1. The molecule has 3 rings (SSSR count). The van der Waals surface area contributed by atoms with Gasteiger partial charge in [0.1, 0.15) is 5.76 Å². The molecule has 0 bridgehead atoms. The minimum atomic E-state index is 0.471. The lowest BCUT2D eigenvalue weighted by atomic mass is 9.90. The number of hydrogen-bond donors (Lipinski definition) is 1. The van der Waals surface area contributed by atoms with Crippen LogP contribution < -0.4 is 10.6 Å². The Labute approximate surface area is 132 Å². The number of aromatic nitrogens is 1. The predicted octanol–water partition coefficient (Wildman–Crippen LogP) is 3.39. The zero-order valence-electron chi connectivity index (χ0n) is 13.5. The number of nitrogens with zero attached hydrogens (tertiary/aromatic N) is 2. The van der Waals surface area contributed by atoms with Crippen molar-refractivity contribution in [3.8, 4) is 0 Å². The first kappa shape index (κ1) is 15.1. The summed E-state index contributed by atoms with van der Waals surface area (Å²) in [5.74, 6) is 2.32. The van der Waals surface area contributed by atoms with E-state index in [9.17, 15) is 0 Å². The fourth-order valence-electron chi connectivity index (χ4n) is 3.25. The van der Waals surface area contributed by atoms with Crippen molar-refractivity contribution in [2.75, 3.05) is 18.0 Å². The van der Waals surface area contributed by atoms with Gasteiger partial charge in [-0.05, 0) is 43.9 Å². The van der Waals surface area contributed by atoms with Gasteiger partial charge >= 0.3 is 0 Å². The van der Waals surface area contributed by atoms with E-state index in [4.69, 9.17) is 10.2 Å². The molecule has 1 aliphatic rings. The van der Waals surface area contributed by atoms with E-state index in [0.717, 1.165) is 49.7 Å². The van der Waals surface area contributed by atoms with Crippen LogP contribution in [0.25, 0.3) is 0 Å². The number of aryl methyl sites for hydroxylation is 2. The van der Waals surface area contributed by atoms with Crippen molar-refractivity contribution in [3.63, 3.8) is 0 Å². The molecule has 4 nitrogen and oxygen atoms in total. The zero-order chi connectivity index (χ0) is 15.5. The lowest BCUT2D eigenvalue weighted by Gasteiger charge is -2.35. The molecule has 0 saturated carbocycles. The highest BCUT2D eigenvalue weighted by Gasteiger charge is 2.25. The Morgan fingerprint density at radius 3 is 2.95 bits per heavy atom. The van der Waals surface area contributed by atoms with Crippen molar-refractivity contribution in [1.82, 2.24) is 4.98 Å². The number of fused-ring (bicyclic) bond motifs is 1. The summed E-state index contributed by atoms with van der Waals surface area (Å²) in [4.78, 5) is 6.93. The number of nitrogens with two attached hydrogens (primary N) is 1. The van der Waals surface area contributed by atoms with E-state index in [1.54, 1.807) is 0 Å². The summed E-state index contributed by atoms with van der Waals surface area (Å²) in [6.45, 7) is 6.70. The summed E-state index contributed by atoms with van der Waals surface area (Å²) < 4.78 is 5.95. The molecule has 1 atom stereocenters. The van der Waals surface area contributed by atoms with Crippen molar-refractivity contribution in [2.45, 2.75) is 45.6 Å². The number of rotatable bonds is 5. The van der Waals surface area contributed by atoms with E-state index in [1.165, 1.54) is 11.3 Å². The summed E-state index contributed by atoms with van der Waals surface area (Å²) in [6, 6.07) is 8.59. The van der Waals surface area contributed by atoms with Crippen LogP contribution in [0.3, 0.4) is 0 Å². The molecule has 2 N–H and O–H groups in total. The maximum atomic E-state index is 5.95. The van der Waals surface area contributed by atoms with Crippen molar-refractivity contribution >= 4 is 5.69 Å². The largest absolute Gasteiger partial charge is 0.444 e. The van der Waals surface area contributed by atoms with Crippen LogP contribution in [0.1, 0.15) is 48.6 Å². The van der Waals surface area contributed by atoms with Gasteiger partial charge in [0.15, 0.2) is 5.89 Å². The molecule has 1 aromatic carbocycles. The number of benzene rings is 1. The molecule has 4 heteroatoms. The smallest absolute Gasteiger partial charge is 0.194 e. The summed E-state index contributed by atoms with van der Waals surface area (Å²) >= 11 is 0. The molecule has 0 radical (unpaired) electrons. The second-order valence-corrected chi connectivity index (χ2v) is 6.07. The van der Waals surface area contributed by atoms with E-state index in [-0.39, 0.29) is 0 Å². The summed E-state index contributed by atoms with van der Waals surface area (Å²) in [5.41, 5.74) is 9.60. The Morgan fingerprint density at radius 2 is 2.18 bits per heavy atom. The normalized spacial score (nSPS) is 17.6. The van der Waals surface area contributed by atoms with Crippen LogP contribution in [0, 0.1) is 6.92 Å². The van der Waals surface area contributed by atoms with Crippen LogP contribution >= 0.6 is 0 Å². The Morgan fingerprint density at radius 1 is 1.36 bits per heavy atom. The van der Waals surface area contributed by atoms with E-state index in [0.29, 0.717) is 12.5 Å². The SMILES string of the molecule is CCCc1nc(C)c(CN2CCC(CN)c3ccccc32)o1. The third-order valence-electron chi connectivity index (χ3n) is 4.48. The van der Waals surface area contributed by atoms with E-state index < -0.39 is 0 Å². The Bertz CT molecular complexity index is 635. The van der Waals surface area contributed by atoms with Crippen LogP contribution in [-0.4, -0.2) is 18.1 Å². The van der Waals surface area contributed by atoms with Crippen LogP contribution in [0.4, 0.5) is 5.69 Å². The van der Waals surface area contributed by atoms with Gasteiger partial charge in [-0.3, -0.25) is 0 Å². The lowest BCUT2D eigenvalue weighted by molar-refractivity contribution is 0.442. The molecule has 1 unspecified atom stereocenters. The minimum absolute atomic E-state index is 0.471. The second kappa shape index (κ2) is 6.53. The molecule has 2 aromatic rings. The molecule has 118 valence electrons. The molecule has 0 saturated heterocycles. The zero-order valence-corrected chi connectivity index (χ0v) is 13.5. The van der Waals surface area contributed by atoms with Crippen LogP contribution in [0.15, 0.2) is 28.7 Å². The second-order valence-electron chi connectivity index (χ2n) is 6.07. The first-order valence-corrected chi connectivity index (χ1v) is 8.22. The summed E-state index contributed by atoms with van der Waals surface area (Å²) in [6.07, 6.45) is 3.07. The molecular formula is C18H25N3O. The highest BCUT2D eigenvalue weighted by molar-refractivity contribution is 5.57. The van der Waals surface area contributed by atoms with Crippen molar-refractivity contribution < 1.29 is 4.42 Å². The molecule has 1 aliphatic heterocycles. The molecule has 0 amide bonds. The molecule has 0 fully saturated rings. The Balaban J connectivity index is 1.84. The average Bonchev–Trinajstić information content (AvgIpc) is 2.88. The van der Waals surface area contributed by atoms with Crippen molar-refractivity contribution in [1.29, 1.82) is 0 Å². The molecule has 1 aromatic heterocycles.